The molecule has 0 spiro atoms. The Morgan fingerprint density at radius 2 is 2.11 bits per heavy atom. The minimum atomic E-state index is -0.489. The van der Waals surface area contributed by atoms with Gasteiger partial charge < -0.3 is 5.32 Å². The van der Waals surface area contributed by atoms with Crippen LogP contribution in [0.5, 0.6) is 0 Å². The maximum Gasteiger partial charge on any atom is 0.293 e. The third-order valence-corrected chi connectivity index (χ3v) is 3.65. The first-order valence-electron chi connectivity index (χ1n) is 5.76. The van der Waals surface area contributed by atoms with Crippen molar-refractivity contribution in [2.75, 3.05) is 5.32 Å². The molecule has 0 fully saturated rings. The Bertz CT molecular complexity index is 452. The van der Waals surface area contributed by atoms with Gasteiger partial charge in [-0.05, 0) is 34.9 Å². The summed E-state index contributed by atoms with van der Waals surface area (Å²) < 4.78 is 13.8. The summed E-state index contributed by atoms with van der Waals surface area (Å²) in [5.74, 6) is -0.126. The molecule has 1 aromatic carbocycles. The summed E-state index contributed by atoms with van der Waals surface area (Å²) in [6, 6.07) is 2.54. The Morgan fingerprint density at radius 3 is 2.56 bits per heavy atom. The first kappa shape index (κ1) is 15.1. The predicted octanol–water partition coefficient (Wildman–Crippen LogP) is 4.19. The topological polar surface area (TPSA) is 55.2 Å². The average Bonchev–Trinajstić information content (AvgIpc) is 2.29. The van der Waals surface area contributed by atoms with Crippen LogP contribution in [-0.4, -0.2) is 11.0 Å². The van der Waals surface area contributed by atoms with Crippen molar-refractivity contribution in [3.63, 3.8) is 0 Å². The summed E-state index contributed by atoms with van der Waals surface area (Å²) in [7, 11) is 0. The molecule has 0 aromatic heterocycles. The maximum absolute atomic E-state index is 13.5. The Kier molecular flexibility index (Phi) is 5.30. The molecule has 0 bridgehead atoms. The molecule has 1 atom stereocenters. The van der Waals surface area contributed by atoms with Crippen LogP contribution in [0, 0.1) is 25.4 Å². The highest BCUT2D eigenvalue weighted by Gasteiger charge is 2.20. The molecular formula is C12H16FIN2O2. The molecule has 0 aliphatic heterocycles. The number of rotatable bonds is 5. The van der Waals surface area contributed by atoms with Crippen LogP contribution in [0.4, 0.5) is 15.8 Å². The minimum Gasteiger partial charge on any atom is -0.376 e. The molecule has 4 nitrogen and oxygen atoms in total. The molecule has 0 amide bonds. The monoisotopic (exact) mass is 366 g/mol. The van der Waals surface area contributed by atoms with Gasteiger partial charge in [0.15, 0.2) is 0 Å². The third-order valence-electron chi connectivity index (χ3n) is 2.82. The summed E-state index contributed by atoms with van der Waals surface area (Å²) >= 11 is 1.75. The lowest BCUT2D eigenvalue weighted by atomic mass is 10.0. The molecule has 1 unspecified atom stereocenters. The zero-order valence-electron chi connectivity index (χ0n) is 10.5. The van der Waals surface area contributed by atoms with E-state index in [1.807, 2.05) is 20.8 Å². The standard InChI is InChI=1S/C12H16FIN2O2/c1-4-10(7(2)3)15-11-5-8(13)9(14)6-12(11)16(17)18/h5-7,10,15H,4H2,1-3H3. The van der Waals surface area contributed by atoms with Crippen LogP contribution in [0.25, 0.3) is 0 Å². The number of nitrogens with one attached hydrogen (secondary N) is 1. The van der Waals surface area contributed by atoms with Gasteiger partial charge in [-0.25, -0.2) is 4.39 Å². The Balaban J connectivity index is 3.14. The van der Waals surface area contributed by atoms with Crippen molar-refractivity contribution < 1.29 is 9.31 Å². The van der Waals surface area contributed by atoms with E-state index < -0.39 is 10.7 Å². The van der Waals surface area contributed by atoms with Crippen LogP contribution in [0.1, 0.15) is 27.2 Å². The second-order valence-corrected chi connectivity index (χ2v) is 5.61. The lowest BCUT2D eigenvalue weighted by molar-refractivity contribution is -0.384. The average molecular weight is 366 g/mol. The van der Waals surface area contributed by atoms with E-state index in [0.29, 0.717) is 5.92 Å². The molecule has 0 aliphatic carbocycles. The van der Waals surface area contributed by atoms with E-state index in [2.05, 4.69) is 5.32 Å². The largest absolute Gasteiger partial charge is 0.376 e. The fourth-order valence-electron chi connectivity index (χ4n) is 1.74. The lowest BCUT2D eigenvalue weighted by Gasteiger charge is -2.22. The molecule has 0 radical (unpaired) electrons. The van der Waals surface area contributed by atoms with E-state index in [-0.39, 0.29) is 21.0 Å². The number of nitro groups is 1. The zero-order chi connectivity index (χ0) is 13.9. The highest BCUT2D eigenvalue weighted by Crippen LogP contribution is 2.30. The molecule has 0 aliphatic rings. The minimum absolute atomic E-state index is 0.0834. The van der Waals surface area contributed by atoms with Crippen molar-refractivity contribution in [1.82, 2.24) is 0 Å². The summed E-state index contributed by atoms with van der Waals surface area (Å²) in [4.78, 5) is 10.5. The number of benzene rings is 1. The van der Waals surface area contributed by atoms with Gasteiger partial charge in [-0.2, -0.15) is 0 Å². The van der Waals surface area contributed by atoms with Crippen molar-refractivity contribution in [1.29, 1.82) is 0 Å². The number of nitro benzene ring substituents is 1. The van der Waals surface area contributed by atoms with Crippen LogP contribution in [-0.2, 0) is 0 Å². The van der Waals surface area contributed by atoms with Gasteiger partial charge in [0.05, 0.1) is 8.49 Å². The zero-order valence-corrected chi connectivity index (χ0v) is 12.7. The van der Waals surface area contributed by atoms with E-state index in [4.69, 9.17) is 0 Å². The summed E-state index contributed by atoms with van der Waals surface area (Å²) in [5, 5.41) is 14.0. The smallest absolute Gasteiger partial charge is 0.293 e. The molecule has 0 saturated carbocycles. The third kappa shape index (κ3) is 3.54. The van der Waals surface area contributed by atoms with Crippen LogP contribution < -0.4 is 5.32 Å². The van der Waals surface area contributed by atoms with E-state index in [1.165, 1.54) is 12.1 Å². The molecular weight excluding hydrogens is 350 g/mol. The Morgan fingerprint density at radius 1 is 1.50 bits per heavy atom. The van der Waals surface area contributed by atoms with Gasteiger partial charge in [-0.15, -0.1) is 0 Å². The second-order valence-electron chi connectivity index (χ2n) is 4.44. The first-order chi connectivity index (χ1) is 8.36. The highest BCUT2D eigenvalue weighted by atomic mass is 127. The molecule has 1 aromatic rings. The molecule has 100 valence electrons. The summed E-state index contributed by atoms with van der Waals surface area (Å²) in [6.45, 7) is 6.04. The van der Waals surface area contributed by atoms with E-state index in [0.717, 1.165) is 6.42 Å². The van der Waals surface area contributed by atoms with Gasteiger partial charge in [0.25, 0.3) is 5.69 Å². The predicted molar refractivity (Wildman–Crippen MR) is 78.3 cm³/mol. The number of nitrogens with zero attached hydrogens (tertiary/aromatic N) is 1. The van der Waals surface area contributed by atoms with Crippen molar-refractivity contribution in [2.24, 2.45) is 5.92 Å². The van der Waals surface area contributed by atoms with Crippen molar-refractivity contribution >= 4 is 34.0 Å². The van der Waals surface area contributed by atoms with Gasteiger partial charge in [0, 0.05) is 18.2 Å². The normalized spacial score (nSPS) is 12.6. The van der Waals surface area contributed by atoms with E-state index >= 15 is 0 Å². The van der Waals surface area contributed by atoms with Crippen LogP contribution in [0.15, 0.2) is 12.1 Å². The number of halogens is 2. The Hall–Kier alpha value is -0.920. The lowest BCUT2D eigenvalue weighted by Crippen LogP contribution is -2.25. The summed E-state index contributed by atoms with van der Waals surface area (Å²) in [5.41, 5.74) is 0.165. The van der Waals surface area contributed by atoms with Gasteiger partial charge >= 0.3 is 0 Å². The van der Waals surface area contributed by atoms with Gasteiger partial charge in [-0.1, -0.05) is 20.8 Å². The SMILES string of the molecule is CCC(Nc1cc(F)c(I)cc1[N+](=O)[O-])C(C)C. The van der Waals surface area contributed by atoms with Gasteiger partial charge in [0.1, 0.15) is 11.5 Å². The fourth-order valence-corrected chi connectivity index (χ4v) is 2.19. The van der Waals surface area contributed by atoms with Crippen molar-refractivity contribution in [2.45, 2.75) is 33.2 Å². The summed E-state index contributed by atoms with van der Waals surface area (Å²) in [6.07, 6.45) is 0.822. The number of hydrogen-bond acceptors (Lipinski definition) is 3. The molecule has 18 heavy (non-hydrogen) atoms. The molecule has 0 heterocycles. The second kappa shape index (κ2) is 6.31. The van der Waals surface area contributed by atoms with Crippen LogP contribution in [0.2, 0.25) is 0 Å². The van der Waals surface area contributed by atoms with Crippen molar-refractivity contribution in [3.05, 3.63) is 31.6 Å². The fraction of sp³-hybridized carbons (Fsp3) is 0.500. The van der Waals surface area contributed by atoms with Crippen molar-refractivity contribution in [3.8, 4) is 0 Å². The highest BCUT2D eigenvalue weighted by molar-refractivity contribution is 14.1. The Labute approximate surface area is 119 Å². The van der Waals surface area contributed by atoms with Crippen LogP contribution >= 0.6 is 22.6 Å². The number of anilines is 1. The van der Waals surface area contributed by atoms with Gasteiger partial charge in [0.2, 0.25) is 0 Å². The molecule has 1 rings (SSSR count). The quantitative estimate of drug-likeness (QED) is 0.483. The maximum atomic E-state index is 13.5. The molecule has 6 heteroatoms. The molecule has 1 N–H and O–H groups in total. The van der Waals surface area contributed by atoms with Gasteiger partial charge in [-0.3, -0.25) is 10.1 Å². The van der Waals surface area contributed by atoms with E-state index in [1.54, 1.807) is 22.6 Å². The van der Waals surface area contributed by atoms with Crippen LogP contribution in [0.3, 0.4) is 0 Å². The number of hydrogen-bond donors (Lipinski definition) is 1. The first-order valence-corrected chi connectivity index (χ1v) is 6.84. The van der Waals surface area contributed by atoms with E-state index in [9.17, 15) is 14.5 Å². The molecule has 0 saturated heterocycles.